The van der Waals surface area contributed by atoms with E-state index in [0.29, 0.717) is 30.5 Å². The number of thiophene rings is 1. The molecule has 0 spiro atoms. The van der Waals surface area contributed by atoms with Gasteiger partial charge in [-0.25, -0.2) is 8.42 Å². The highest BCUT2D eigenvalue weighted by Gasteiger charge is 2.23. The molecule has 0 atom stereocenters. The highest BCUT2D eigenvalue weighted by Crippen LogP contribution is 2.28. The third-order valence-electron chi connectivity index (χ3n) is 3.49. The zero-order valence-electron chi connectivity index (χ0n) is 12.7. The number of sulfonamides is 1. The average molecular weight is 332 g/mol. The lowest BCUT2D eigenvalue weighted by Gasteiger charge is -2.16. The Morgan fingerprint density at radius 1 is 1.48 bits per heavy atom. The highest BCUT2D eigenvalue weighted by atomic mass is 32.2. The third kappa shape index (κ3) is 5.03. The molecule has 0 aliphatic heterocycles. The molecule has 0 saturated heterocycles. The molecule has 0 aromatic carbocycles. The topological polar surface area (TPSA) is 58.6 Å². The van der Waals surface area contributed by atoms with Crippen molar-refractivity contribution < 1.29 is 13.2 Å². The Morgan fingerprint density at radius 3 is 2.90 bits per heavy atom. The van der Waals surface area contributed by atoms with Crippen LogP contribution in [0.3, 0.4) is 0 Å². The monoisotopic (exact) mass is 332 g/mol. The molecular formula is C14H24N2O3S2. The van der Waals surface area contributed by atoms with Gasteiger partial charge in [0.15, 0.2) is 0 Å². The molecule has 1 aromatic heterocycles. The number of ether oxygens (including phenoxy) is 1. The Bertz CT molecular complexity index is 538. The van der Waals surface area contributed by atoms with Crippen molar-refractivity contribution in [1.29, 1.82) is 0 Å². The molecule has 2 rings (SSSR count). The van der Waals surface area contributed by atoms with E-state index in [1.807, 2.05) is 6.92 Å². The summed E-state index contributed by atoms with van der Waals surface area (Å²) in [6.07, 6.45) is 2.50. The summed E-state index contributed by atoms with van der Waals surface area (Å²) in [4.78, 5) is 1.42. The van der Waals surface area contributed by atoms with E-state index in [4.69, 9.17) is 4.74 Å². The van der Waals surface area contributed by atoms with Crippen molar-refractivity contribution >= 4 is 21.4 Å². The zero-order chi connectivity index (χ0) is 15.3. The predicted octanol–water partition coefficient (Wildman–Crippen LogP) is 1.90. The largest absolute Gasteiger partial charge is 0.380 e. The first-order valence-corrected chi connectivity index (χ1v) is 9.68. The fourth-order valence-corrected chi connectivity index (χ4v) is 4.25. The van der Waals surface area contributed by atoms with Gasteiger partial charge in [-0.15, -0.1) is 11.3 Å². The van der Waals surface area contributed by atoms with Gasteiger partial charge in [0.1, 0.15) is 0 Å². The minimum atomic E-state index is -3.39. The lowest BCUT2D eigenvalue weighted by Crippen LogP contribution is -2.30. The summed E-state index contributed by atoms with van der Waals surface area (Å²) in [6.45, 7) is 5.23. The van der Waals surface area contributed by atoms with Gasteiger partial charge in [0.2, 0.25) is 10.0 Å². The second-order valence-electron chi connectivity index (χ2n) is 5.37. The quantitative estimate of drug-likeness (QED) is 0.665. The number of nitrogens with one attached hydrogen (secondary N) is 1. The Balaban J connectivity index is 1.84. The summed E-state index contributed by atoms with van der Waals surface area (Å²) in [5, 5.41) is 4.91. The SMILES string of the molecule is CCNCc1cc(S(=O)(=O)N(C)CCOCC2CC2)cs1. The standard InChI is InChI=1S/C14H24N2O3S2/c1-3-15-9-13-8-14(11-20-13)21(17,18)16(2)6-7-19-10-12-4-5-12/h8,11-12,15H,3-7,9-10H2,1-2H3. The first-order chi connectivity index (χ1) is 10.0. The summed E-state index contributed by atoms with van der Waals surface area (Å²) in [7, 11) is -1.78. The molecular weight excluding hydrogens is 308 g/mol. The zero-order valence-corrected chi connectivity index (χ0v) is 14.3. The maximum Gasteiger partial charge on any atom is 0.243 e. The van der Waals surface area contributed by atoms with Crippen LogP contribution in [0.1, 0.15) is 24.6 Å². The minimum absolute atomic E-state index is 0.380. The number of likely N-dealkylation sites (N-methyl/N-ethyl adjacent to an activating group) is 1. The maximum atomic E-state index is 12.4. The predicted molar refractivity (Wildman–Crippen MR) is 85.1 cm³/mol. The Kier molecular flexibility index (Phi) is 6.19. The molecule has 1 heterocycles. The minimum Gasteiger partial charge on any atom is -0.380 e. The van der Waals surface area contributed by atoms with Crippen LogP contribution in [0.15, 0.2) is 16.3 Å². The third-order valence-corrected chi connectivity index (χ3v) is 6.41. The normalized spacial score (nSPS) is 15.8. The molecule has 1 N–H and O–H groups in total. The summed E-state index contributed by atoms with van der Waals surface area (Å²) in [5.41, 5.74) is 0. The van der Waals surface area contributed by atoms with Crippen LogP contribution < -0.4 is 5.32 Å². The number of hydrogen-bond donors (Lipinski definition) is 1. The fraction of sp³-hybridized carbons (Fsp3) is 0.714. The molecule has 1 fully saturated rings. The molecule has 5 nitrogen and oxygen atoms in total. The van der Waals surface area contributed by atoms with Gasteiger partial charge in [0.25, 0.3) is 0 Å². The van der Waals surface area contributed by atoms with E-state index in [1.54, 1.807) is 18.5 Å². The van der Waals surface area contributed by atoms with Gasteiger partial charge in [-0.1, -0.05) is 6.92 Å². The first-order valence-electron chi connectivity index (χ1n) is 7.36. The summed E-state index contributed by atoms with van der Waals surface area (Å²) >= 11 is 1.47. The average Bonchev–Trinajstić information content (AvgIpc) is 3.16. The molecule has 1 aromatic rings. The highest BCUT2D eigenvalue weighted by molar-refractivity contribution is 7.89. The van der Waals surface area contributed by atoms with Gasteiger partial charge < -0.3 is 10.1 Å². The van der Waals surface area contributed by atoms with Crippen LogP contribution in [0.4, 0.5) is 0 Å². The van der Waals surface area contributed by atoms with Crippen molar-refractivity contribution in [2.45, 2.75) is 31.2 Å². The smallest absolute Gasteiger partial charge is 0.243 e. The van der Waals surface area contributed by atoms with Crippen molar-refractivity contribution in [1.82, 2.24) is 9.62 Å². The molecule has 0 amide bonds. The van der Waals surface area contributed by atoms with Gasteiger partial charge in [0, 0.05) is 37.0 Å². The van der Waals surface area contributed by atoms with E-state index >= 15 is 0 Å². The van der Waals surface area contributed by atoms with Gasteiger partial charge >= 0.3 is 0 Å². The van der Waals surface area contributed by atoms with Crippen LogP contribution in [0.25, 0.3) is 0 Å². The van der Waals surface area contributed by atoms with Crippen LogP contribution in [0.5, 0.6) is 0 Å². The number of rotatable bonds is 10. The second-order valence-corrected chi connectivity index (χ2v) is 8.41. The molecule has 0 radical (unpaired) electrons. The molecule has 1 saturated carbocycles. The van der Waals surface area contributed by atoms with E-state index in [-0.39, 0.29) is 0 Å². The lowest BCUT2D eigenvalue weighted by atomic mass is 10.4. The van der Waals surface area contributed by atoms with E-state index in [1.165, 1.54) is 28.5 Å². The van der Waals surface area contributed by atoms with Crippen LogP contribution in [0.2, 0.25) is 0 Å². The lowest BCUT2D eigenvalue weighted by molar-refractivity contribution is 0.117. The number of hydrogen-bond acceptors (Lipinski definition) is 5. The number of nitrogens with zero attached hydrogens (tertiary/aromatic N) is 1. The van der Waals surface area contributed by atoms with E-state index in [0.717, 1.165) is 18.0 Å². The molecule has 1 aliphatic rings. The Labute approximate surface area is 131 Å². The molecule has 0 bridgehead atoms. The Morgan fingerprint density at radius 2 is 2.24 bits per heavy atom. The molecule has 7 heteroatoms. The van der Waals surface area contributed by atoms with Gasteiger partial charge in [0.05, 0.1) is 11.5 Å². The van der Waals surface area contributed by atoms with Crippen LogP contribution >= 0.6 is 11.3 Å². The molecule has 1 aliphatic carbocycles. The second kappa shape index (κ2) is 7.69. The van der Waals surface area contributed by atoms with Crippen LogP contribution in [-0.4, -0.2) is 46.1 Å². The molecule has 120 valence electrons. The van der Waals surface area contributed by atoms with E-state index in [2.05, 4.69) is 5.32 Å². The van der Waals surface area contributed by atoms with Crippen LogP contribution in [-0.2, 0) is 21.3 Å². The van der Waals surface area contributed by atoms with Gasteiger partial charge in [-0.05, 0) is 31.4 Å². The van der Waals surface area contributed by atoms with Gasteiger partial charge in [-0.3, -0.25) is 0 Å². The van der Waals surface area contributed by atoms with Crippen LogP contribution in [0, 0.1) is 5.92 Å². The van der Waals surface area contributed by atoms with Gasteiger partial charge in [-0.2, -0.15) is 4.31 Å². The molecule has 21 heavy (non-hydrogen) atoms. The maximum absolute atomic E-state index is 12.4. The van der Waals surface area contributed by atoms with Crippen molar-refractivity contribution in [3.8, 4) is 0 Å². The fourth-order valence-electron chi connectivity index (χ4n) is 1.86. The summed E-state index contributed by atoms with van der Waals surface area (Å²) in [5.74, 6) is 0.706. The van der Waals surface area contributed by atoms with Crippen molar-refractivity contribution in [3.05, 3.63) is 16.3 Å². The summed E-state index contributed by atoms with van der Waals surface area (Å²) in [6, 6.07) is 1.75. The Hall–Kier alpha value is -0.470. The van der Waals surface area contributed by atoms with E-state index in [9.17, 15) is 8.42 Å². The molecule has 0 unspecified atom stereocenters. The van der Waals surface area contributed by atoms with Crippen molar-refractivity contribution in [2.75, 3.05) is 33.4 Å². The summed E-state index contributed by atoms with van der Waals surface area (Å²) < 4.78 is 31.7. The van der Waals surface area contributed by atoms with Crippen molar-refractivity contribution in [2.24, 2.45) is 5.92 Å². The van der Waals surface area contributed by atoms with Crippen molar-refractivity contribution in [3.63, 3.8) is 0 Å². The first kappa shape index (κ1) is 16.9. The van der Waals surface area contributed by atoms with E-state index < -0.39 is 10.0 Å².